The van der Waals surface area contributed by atoms with Crippen LogP contribution < -0.4 is 10.6 Å². The van der Waals surface area contributed by atoms with E-state index in [1.165, 1.54) is 0 Å². The lowest BCUT2D eigenvalue weighted by Crippen LogP contribution is -2.00. The number of pyridine rings is 3. The van der Waals surface area contributed by atoms with E-state index >= 15 is 0 Å². The summed E-state index contributed by atoms with van der Waals surface area (Å²) in [5.41, 5.74) is 4.78. The molecule has 0 aliphatic carbocycles. The van der Waals surface area contributed by atoms with Gasteiger partial charge in [0.25, 0.3) is 0 Å². The van der Waals surface area contributed by atoms with Gasteiger partial charge in [0, 0.05) is 25.0 Å². The quantitative estimate of drug-likeness (QED) is 0.538. The standard InChI is InChI=1S/C21H21N7/c1-13(2)15-10-21(28-25-12-15)27-19-5-4-17-18(26-19)8-16(11-24-17)14-6-7-23-20(9-14)22-3/h4-13H,1-3H3,(H,22,23)(H,26,27,28). The topological polar surface area (TPSA) is 88.5 Å². The molecule has 0 amide bonds. The molecule has 0 bridgehead atoms. The first kappa shape index (κ1) is 17.8. The number of rotatable bonds is 5. The summed E-state index contributed by atoms with van der Waals surface area (Å²) in [7, 11) is 1.85. The summed E-state index contributed by atoms with van der Waals surface area (Å²) in [4.78, 5) is 13.5. The zero-order valence-electron chi connectivity index (χ0n) is 16.0. The maximum Gasteiger partial charge on any atom is 0.154 e. The summed E-state index contributed by atoms with van der Waals surface area (Å²) in [6, 6.07) is 11.8. The third-order valence-corrected chi connectivity index (χ3v) is 4.49. The highest BCUT2D eigenvalue weighted by Gasteiger charge is 2.07. The van der Waals surface area contributed by atoms with E-state index in [1.54, 1.807) is 12.4 Å². The lowest BCUT2D eigenvalue weighted by atomic mass is 10.1. The number of hydrogen-bond acceptors (Lipinski definition) is 7. The fraction of sp³-hybridized carbons (Fsp3) is 0.190. The van der Waals surface area contributed by atoms with Gasteiger partial charge in [-0.1, -0.05) is 13.8 Å². The summed E-state index contributed by atoms with van der Waals surface area (Å²) in [5.74, 6) is 2.57. The second kappa shape index (κ2) is 7.56. The van der Waals surface area contributed by atoms with Gasteiger partial charge in [-0.25, -0.2) is 9.97 Å². The molecule has 4 heterocycles. The van der Waals surface area contributed by atoms with Crippen molar-refractivity contribution in [2.45, 2.75) is 19.8 Å². The number of anilines is 3. The van der Waals surface area contributed by atoms with Gasteiger partial charge in [0.05, 0.1) is 17.2 Å². The first-order chi connectivity index (χ1) is 13.6. The normalized spacial score (nSPS) is 11.0. The van der Waals surface area contributed by atoms with E-state index in [-0.39, 0.29) is 0 Å². The maximum atomic E-state index is 4.70. The maximum absolute atomic E-state index is 4.70. The Balaban J connectivity index is 1.67. The van der Waals surface area contributed by atoms with Gasteiger partial charge < -0.3 is 10.6 Å². The lowest BCUT2D eigenvalue weighted by molar-refractivity contribution is 0.843. The van der Waals surface area contributed by atoms with E-state index in [0.717, 1.165) is 33.5 Å². The zero-order valence-corrected chi connectivity index (χ0v) is 16.0. The minimum atomic E-state index is 0.384. The van der Waals surface area contributed by atoms with Crippen molar-refractivity contribution in [1.82, 2.24) is 25.1 Å². The number of aromatic nitrogens is 5. The van der Waals surface area contributed by atoms with Crippen LogP contribution in [0.3, 0.4) is 0 Å². The van der Waals surface area contributed by atoms with Crippen LogP contribution >= 0.6 is 0 Å². The smallest absolute Gasteiger partial charge is 0.154 e. The van der Waals surface area contributed by atoms with Crippen molar-refractivity contribution < 1.29 is 0 Å². The minimum Gasteiger partial charge on any atom is -0.373 e. The number of nitrogens with zero attached hydrogens (tertiary/aromatic N) is 5. The van der Waals surface area contributed by atoms with Crippen LogP contribution in [0.2, 0.25) is 0 Å². The summed E-state index contributed by atoms with van der Waals surface area (Å²) >= 11 is 0. The van der Waals surface area contributed by atoms with Crippen LogP contribution in [0.1, 0.15) is 25.3 Å². The fourth-order valence-electron chi connectivity index (χ4n) is 2.87. The molecule has 0 aliphatic heterocycles. The van der Waals surface area contributed by atoms with Crippen molar-refractivity contribution in [3.05, 3.63) is 60.6 Å². The third-order valence-electron chi connectivity index (χ3n) is 4.49. The highest BCUT2D eigenvalue weighted by atomic mass is 15.2. The molecular weight excluding hydrogens is 350 g/mol. The third kappa shape index (κ3) is 3.73. The van der Waals surface area contributed by atoms with Gasteiger partial charge in [0.15, 0.2) is 5.82 Å². The highest BCUT2D eigenvalue weighted by molar-refractivity contribution is 5.82. The van der Waals surface area contributed by atoms with E-state index < -0.39 is 0 Å². The molecule has 0 unspecified atom stereocenters. The van der Waals surface area contributed by atoms with Crippen LogP contribution in [0.5, 0.6) is 0 Å². The first-order valence-corrected chi connectivity index (χ1v) is 9.13. The van der Waals surface area contributed by atoms with Crippen molar-refractivity contribution >= 4 is 28.5 Å². The molecule has 0 saturated carbocycles. The van der Waals surface area contributed by atoms with Crippen molar-refractivity contribution in [2.24, 2.45) is 0 Å². The predicted octanol–water partition coefficient (Wildman–Crippen LogP) is 4.39. The van der Waals surface area contributed by atoms with Gasteiger partial charge in [0.1, 0.15) is 11.6 Å². The average Bonchev–Trinajstić information content (AvgIpc) is 2.73. The van der Waals surface area contributed by atoms with E-state index in [2.05, 4.69) is 44.6 Å². The molecule has 28 heavy (non-hydrogen) atoms. The van der Waals surface area contributed by atoms with Gasteiger partial charge in [0.2, 0.25) is 0 Å². The van der Waals surface area contributed by atoms with Gasteiger partial charge in [-0.05, 0) is 53.4 Å². The van der Waals surface area contributed by atoms with Crippen molar-refractivity contribution in [2.75, 3.05) is 17.7 Å². The molecule has 0 spiro atoms. The molecule has 7 heteroatoms. The molecule has 0 fully saturated rings. The molecule has 0 aromatic carbocycles. The Hall–Kier alpha value is -3.61. The first-order valence-electron chi connectivity index (χ1n) is 9.13. The molecule has 140 valence electrons. The van der Waals surface area contributed by atoms with Gasteiger partial charge >= 0.3 is 0 Å². The molecular formula is C21H21N7. The predicted molar refractivity (Wildman–Crippen MR) is 112 cm³/mol. The summed E-state index contributed by atoms with van der Waals surface area (Å²) < 4.78 is 0. The Morgan fingerprint density at radius 3 is 2.54 bits per heavy atom. The molecule has 4 aromatic rings. The monoisotopic (exact) mass is 371 g/mol. The van der Waals surface area contributed by atoms with Crippen molar-refractivity contribution in [3.63, 3.8) is 0 Å². The van der Waals surface area contributed by atoms with Crippen LogP contribution in [0.4, 0.5) is 17.5 Å². The van der Waals surface area contributed by atoms with Crippen LogP contribution in [-0.2, 0) is 0 Å². The summed E-state index contributed by atoms with van der Waals surface area (Å²) in [5, 5.41) is 14.5. The Labute approximate surface area is 163 Å². The van der Waals surface area contributed by atoms with Gasteiger partial charge in [-0.3, -0.25) is 4.98 Å². The van der Waals surface area contributed by atoms with E-state index in [1.807, 2.05) is 49.6 Å². The fourth-order valence-corrected chi connectivity index (χ4v) is 2.87. The van der Waals surface area contributed by atoms with E-state index in [4.69, 9.17) is 4.98 Å². The molecule has 0 radical (unpaired) electrons. The van der Waals surface area contributed by atoms with Crippen molar-refractivity contribution in [3.8, 4) is 11.1 Å². The molecule has 0 atom stereocenters. The molecule has 4 rings (SSSR count). The number of nitrogens with one attached hydrogen (secondary N) is 2. The summed E-state index contributed by atoms with van der Waals surface area (Å²) in [6.45, 7) is 4.25. The number of fused-ring (bicyclic) bond motifs is 1. The van der Waals surface area contributed by atoms with E-state index in [9.17, 15) is 0 Å². The minimum absolute atomic E-state index is 0.384. The summed E-state index contributed by atoms with van der Waals surface area (Å²) in [6.07, 6.45) is 5.41. The van der Waals surface area contributed by atoms with Crippen molar-refractivity contribution in [1.29, 1.82) is 0 Å². The molecule has 2 N–H and O–H groups in total. The number of hydrogen-bond donors (Lipinski definition) is 2. The Kier molecular flexibility index (Phi) is 4.80. The van der Waals surface area contributed by atoms with E-state index in [0.29, 0.717) is 17.6 Å². The molecule has 4 aromatic heterocycles. The Morgan fingerprint density at radius 1 is 0.821 bits per heavy atom. The second-order valence-corrected chi connectivity index (χ2v) is 6.79. The zero-order chi connectivity index (χ0) is 19.5. The average molecular weight is 371 g/mol. The Bertz CT molecular complexity index is 1120. The SMILES string of the molecule is CNc1cc(-c2cnc3ccc(Nc4cc(C(C)C)cnn4)nc3c2)ccn1. The highest BCUT2D eigenvalue weighted by Crippen LogP contribution is 2.25. The van der Waals surface area contributed by atoms with Crippen LogP contribution in [-0.4, -0.2) is 32.2 Å². The Morgan fingerprint density at radius 2 is 1.71 bits per heavy atom. The van der Waals surface area contributed by atoms with Gasteiger partial charge in [-0.15, -0.1) is 5.10 Å². The molecule has 7 nitrogen and oxygen atoms in total. The second-order valence-electron chi connectivity index (χ2n) is 6.79. The van der Waals surface area contributed by atoms with Crippen LogP contribution in [0.25, 0.3) is 22.2 Å². The largest absolute Gasteiger partial charge is 0.373 e. The molecule has 0 aliphatic rings. The lowest BCUT2D eigenvalue weighted by Gasteiger charge is -2.09. The molecule has 0 saturated heterocycles. The van der Waals surface area contributed by atoms with Crippen LogP contribution in [0, 0.1) is 0 Å². The van der Waals surface area contributed by atoms with Gasteiger partial charge in [-0.2, -0.15) is 5.10 Å². The van der Waals surface area contributed by atoms with Crippen LogP contribution in [0.15, 0.2) is 55.0 Å².